The summed E-state index contributed by atoms with van der Waals surface area (Å²) in [6.07, 6.45) is 1.77. The molecule has 0 atom stereocenters. The van der Waals surface area contributed by atoms with Crippen molar-refractivity contribution in [1.29, 1.82) is 0 Å². The minimum Gasteiger partial charge on any atom is -0.497 e. The number of anilines is 2. The van der Waals surface area contributed by atoms with E-state index in [9.17, 15) is 14.0 Å². The van der Waals surface area contributed by atoms with Crippen molar-refractivity contribution >= 4 is 23.2 Å². The molecule has 1 aliphatic rings. The van der Waals surface area contributed by atoms with Crippen LogP contribution in [0.3, 0.4) is 0 Å². The Morgan fingerprint density at radius 1 is 1.07 bits per heavy atom. The van der Waals surface area contributed by atoms with Crippen molar-refractivity contribution in [1.82, 2.24) is 0 Å². The van der Waals surface area contributed by atoms with Crippen LogP contribution in [-0.4, -0.2) is 32.1 Å². The molecule has 0 heterocycles. The zero-order valence-corrected chi connectivity index (χ0v) is 15.4. The van der Waals surface area contributed by atoms with E-state index in [-0.39, 0.29) is 17.6 Å². The number of carbonyl (C=O) groups excluding carboxylic acids is 2. The molecule has 7 heteroatoms. The van der Waals surface area contributed by atoms with Gasteiger partial charge in [-0.25, -0.2) is 4.39 Å². The molecule has 0 unspecified atom stereocenters. The van der Waals surface area contributed by atoms with E-state index in [1.54, 1.807) is 23.1 Å². The molecule has 0 radical (unpaired) electrons. The lowest BCUT2D eigenvalue weighted by atomic mass is 10.1. The summed E-state index contributed by atoms with van der Waals surface area (Å²) in [6, 6.07) is 8.84. The maximum absolute atomic E-state index is 13.8. The molecule has 3 rings (SSSR count). The molecular weight excluding hydrogens is 351 g/mol. The molecule has 1 N–H and O–H groups in total. The highest BCUT2D eigenvalue weighted by molar-refractivity contribution is 6.08. The SMILES string of the molecule is COc1cc(OC)cc(C(=O)Nc2cc(F)ccc2N(C(C)=O)C2CC2)c1. The molecule has 142 valence electrons. The van der Waals surface area contributed by atoms with Gasteiger partial charge in [0, 0.05) is 24.6 Å². The lowest BCUT2D eigenvalue weighted by Crippen LogP contribution is -2.31. The van der Waals surface area contributed by atoms with E-state index in [1.807, 2.05) is 0 Å². The quantitative estimate of drug-likeness (QED) is 0.841. The highest BCUT2D eigenvalue weighted by Gasteiger charge is 2.33. The zero-order valence-electron chi connectivity index (χ0n) is 15.4. The minimum atomic E-state index is -0.503. The predicted octanol–water partition coefficient (Wildman–Crippen LogP) is 3.61. The van der Waals surface area contributed by atoms with Crippen molar-refractivity contribution in [3.8, 4) is 11.5 Å². The van der Waals surface area contributed by atoms with Gasteiger partial charge in [-0.3, -0.25) is 9.59 Å². The molecule has 1 fully saturated rings. The second kappa shape index (κ2) is 7.65. The van der Waals surface area contributed by atoms with Crippen molar-refractivity contribution in [3.05, 3.63) is 47.8 Å². The van der Waals surface area contributed by atoms with Crippen LogP contribution in [0.25, 0.3) is 0 Å². The second-order valence-corrected chi connectivity index (χ2v) is 6.34. The number of halogens is 1. The summed E-state index contributed by atoms with van der Waals surface area (Å²) in [7, 11) is 2.98. The highest BCUT2D eigenvalue weighted by atomic mass is 19.1. The van der Waals surface area contributed by atoms with E-state index in [0.29, 0.717) is 22.7 Å². The van der Waals surface area contributed by atoms with Gasteiger partial charge in [-0.15, -0.1) is 0 Å². The molecule has 0 saturated heterocycles. The Labute approximate surface area is 156 Å². The van der Waals surface area contributed by atoms with E-state index in [0.717, 1.165) is 12.8 Å². The molecule has 1 saturated carbocycles. The average molecular weight is 372 g/mol. The van der Waals surface area contributed by atoms with E-state index in [2.05, 4.69) is 5.32 Å². The summed E-state index contributed by atoms with van der Waals surface area (Å²) in [4.78, 5) is 26.4. The van der Waals surface area contributed by atoms with Crippen LogP contribution in [0.2, 0.25) is 0 Å². The maximum atomic E-state index is 13.8. The summed E-state index contributed by atoms with van der Waals surface area (Å²) >= 11 is 0. The van der Waals surface area contributed by atoms with Crippen LogP contribution in [-0.2, 0) is 4.79 Å². The number of ether oxygens (including phenoxy) is 2. The highest BCUT2D eigenvalue weighted by Crippen LogP contribution is 2.36. The van der Waals surface area contributed by atoms with Crippen LogP contribution in [0.5, 0.6) is 11.5 Å². The maximum Gasteiger partial charge on any atom is 0.255 e. The number of hydrogen-bond donors (Lipinski definition) is 1. The van der Waals surface area contributed by atoms with Gasteiger partial charge in [0.05, 0.1) is 25.6 Å². The molecule has 27 heavy (non-hydrogen) atoms. The molecule has 6 nitrogen and oxygen atoms in total. The van der Waals surface area contributed by atoms with E-state index >= 15 is 0 Å². The Balaban J connectivity index is 1.94. The molecule has 0 aromatic heterocycles. The second-order valence-electron chi connectivity index (χ2n) is 6.34. The van der Waals surface area contributed by atoms with Gasteiger partial charge >= 0.3 is 0 Å². The Kier molecular flexibility index (Phi) is 5.30. The van der Waals surface area contributed by atoms with Crippen LogP contribution < -0.4 is 19.7 Å². The summed E-state index contributed by atoms with van der Waals surface area (Å²) in [6.45, 7) is 1.46. The first-order valence-electron chi connectivity index (χ1n) is 8.56. The summed E-state index contributed by atoms with van der Waals surface area (Å²) in [5.74, 6) is -0.192. The number of amides is 2. The van der Waals surface area contributed by atoms with Crippen LogP contribution in [0.4, 0.5) is 15.8 Å². The molecule has 0 bridgehead atoms. The lowest BCUT2D eigenvalue weighted by Gasteiger charge is -2.24. The van der Waals surface area contributed by atoms with Crippen LogP contribution in [0, 0.1) is 5.82 Å². The predicted molar refractivity (Wildman–Crippen MR) is 100 cm³/mol. The first-order valence-corrected chi connectivity index (χ1v) is 8.56. The van der Waals surface area contributed by atoms with Crippen molar-refractivity contribution in [2.24, 2.45) is 0 Å². The monoisotopic (exact) mass is 372 g/mol. The fraction of sp³-hybridized carbons (Fsp3) is 0.300. The molecule has 2 amide bonds. The van der Waals surface area contributed by atoms with Gasteiger partial charge in [-0.1, -0.05) is 0 Å². The van der Waals surface area contributed by atoms with Crippen LogP contribution >= 0.6 is 0 Å². The number of hydrogen-bond acceptors (Lipinski definition) is 4. The van der Waals surface area contributed by atoms with Crippen molar-refractivity contribution in [2.75, 3.05) is 24.4 Å². The number of carbonyl (C=O) groups is 2. The van der Waals surface area contributed by atoms with Crippen molar-refractivity contribution in [3.63, 3.8) is 0 Å². The van der Waals surface area contributed by atoms with Gasteiger partial charge in [-0.05, 0) is 43.2 Å². The number of methoxy groups -OCH3 is 2. The summed E-state index contributed by atoms with van der Waals surface area (Å²) < 4.78 is 24.2. The normalized spacial score (nSPS) is 13.0. The number of nitrogens with zero attached hydrogens (tertiary/aromatic N) is 1. The summed E-state index contributed by atoms with van der Waals surface area (Å²) in [5, 5.41) is 2.70. The van der Waals surface area contributed by atoms with Crippen molar-refractivity contribution in [2.45, 2.75) is 25.8 Å². The largest absolute Gasteiger partial charge is 0.497 e. The zero-order chi connectivity index (χ0) is 19.6. The molecule has 1 aliphatic carbocycles. The Morgan fingerprint density at radius 2 is 1.70 bits per heavy atom. The topological polar surface area (TPSA) is 67.9 Å². The Hall–Kier alpha value is -3.09. The number of benzene rings is 2. The van der Waals surface area contributed by atoms with Gasteiger partial charge < -0.3 is 19.7 Å². The Morgan fingerprint density at radius 3 is 2.22 bits per heavy atom. The molecule has 2 aromatic carbocycles. The number of nitrogens with one attached hydrogen (secondary N) is 1. The van der Waals surface area contributed by atoms with Gasteiger partial charge in [-0.2, -0.15) is 0 Å². The molecular formula is C20H21FN2O4. The van der Waals surface area contributed by atoms with Gasteiger partial charge in [0.1, 0.15) is 17.3 Å². The third-order valence-electron chi connectivity index (χ3n) is 4.33. The van der Waals surface area contributed by atoms with E-state index < -0.39 is 11.7 Å². The minimum absolute atomic E-state index is 0.0838. The molecule has 0 spiro atoms. The fourth-order valence-corrected chi connectivity index (χ4v) is 2.91. The number of rotatable bonds is 6. The van der Waals surface area contributed by atoms with E-state index in [1.165, 1.54) is 39.3 Å². The fourth-order valence-electron chi connectivity index (χ4n) is 2.91. The van der Waals surface area contributed by atoms with Crippen LogP contribution in [0.1, 0.15) is 30.1 Å². The van der Waals surface area contributed by atoms with Gasteiger partial charge in [0.15, 0.2) is 0 Å². The molecule has 2 aromatic rings. The lowest BCUT2D eigenvalue weighted by molar-refractivity contribution is -0.116. The Bertz CT molecular complexity index is 858. The van der Waals surface area contributed by atoms with Gasteiger partial charge in [0.2, 0.25) is 5.91 Å². The van der Waals surface area contributed by atoms with Crippen LogP contribution in [0.15, 0.2) is 36.4 Å². The standard InChI is InChI=1S/C20H21FN2O4/c1-12(24)23(15-5-6-15)19-7-4-14(21)10-18(19)22-20(25)13-8-16(26-2)11-17(9-13)27-3/h4,7-11,15H,5-6H2,1-3H3,(H,22,25). The smallest absolute Gasteiger partial charge is 0.255 e. The molecule has 0 aliphatic heterocycles. The van der Waals surface area contributed by atoms with Crippen molar-refractivity contribution < 1.29 is 23.5 Å². The average Bonchev–Trinajstić information content (AvgIpc) is 3.47. The third kappa shape index (κ3) is 4.19. The first-order chi connectivity index (χ1) is 12.9. The first kappa shape index (κ1) is 18.7. The summed E-state index contributed by atoms with van der Waals surface area (Å²) in [5.41, 5.74) is 1.01. The third-order valence-corrected chi connectivity index (χ3v) is 4.33. The van der Waals surface area contributed by atoms with Gasteiger partial charge in [0.25, 0.3) is 5.91 Å². The van der Waals surface area contributed by atoms with E-state index in [4.69, 9.17) is 9.47 Å².